The predicted molar refractivity (Wildman–Crippen MR) is 255 cm³/mol. The van der Waals surface area contributed by atoms with Crippen molar-refractivity contribution in [3.05, 3.63) is 0 Å². The van der Waals surface area contributed by atoms with E-state index >= 15 is 0 Å². The van der Waals surface area contributed by atoms with Gasteiger partial charge in [-0.25, -0.2) is 0 Å². The van der Waals surface area contributed by atoms with Crippen LogP contribution >= 0.6 is 22.8 Å². The molecule has 0 bridgehead atoms. The summed E-state index contributed by atoms with van der Waals surface area (Å²) in [6, 6.07) is 0. The van der Waals surface area contributed by atoms with Gasteiger partial charge >= 0.3 is 16.8 Å². The number of hydrogen-bond donors (Lipinski definition) is 0. The van der Waals surface area contributed by atoms with Crippen LogP contribution in [0.4, 0.5) is 0 Å². The topological polar surface area (TPSA) is 148 Å². The van der Waals surface area contributed by atoms with Crippen LogP contribution in [-0.2, 0) is 44.0 Å². The van der Waals surface area contributed by atoms with Crippen molar-refractivity contribution in [3.8, 4) is 0 Å². The zero-order valence-corrected chi connectivity index (χ0v) is 45.8. The largest absolute Gasteiger partial charge is 3.00 e. The van der Waals surface area contributed by atoms with E-state index in [4.69, 9.17) is 13.6 Å². The molecule has 9 atom stereocenters. The summed E-state index contributed by atoms with van der Waals surface area (Å²) < 4.78 is 52.2. The molecule has 0 saturated heterocycles. The van der Waals surface area contributed by atoms with Gasteiger partial charge in [-0.05, 0) is 77.0 Å². The molecule has 0 aromatic carbocycles. The molecule has 61 heavy (non-hydrogen) atoms. The molecular formula is C48H102CoO9P3. The summed E-state index contributed by atoms with van der Waals surface area (Å²) in [5.74, 6) is 0.765. The first kappa shape index (κ1) is 68.5. The fourth-order valence-electron chi connectivity index (χ4n) is 7.39. The summed E-state index contributed by atoms with van der Waals surface area (Å²) in [6.07, 6.45) is 29.0. The maximum absolute atomic E-state index is 12.1. The molecule has 372 valence electrons. The van der Waals surface area contributed by atoms with Crippen LogP contribution in [0.2, 0.25) is 0 Å². The number of unbranched alkanes of at least 4 members (excludes halogenated alkanes) is 12. The molecule has 0 rings (SSSR count). The van der Waals surface area contributed by atoms with Crippen LogP contribution in [0.3, 0.4) is 0 Å². The molecule has 0 spiro atoms. The Labute approximate surface area is 390 Å². The van der Waals surface area contributed by atoms with Gasteiger partial charge in [0.15, 0.2) is 0 Å². The van der Waals surface area contributed by atoms with Gasteiger partial charge in [0.1, 0.15) is 22.8 Å². The Morgan fingerprint density at radius 1 is 0.344 bits per heavy atom. The molecule has 0 heterocycles. The molecule has 0 saturated carbocycles. The molecule has 0 fully saturated rings. The summed E-state index contributed by atoms with van der Waals surface area (Å²) in [5.41, 5.74) is 0. The standard InChI is InChI=1S/3C16H35O3P.Co/c3*1-5-8-10-11-12-15(4)19-20(17,18)14-16(7-3)13-9-6-2;/h3*15-16H,5-14H2,1-4H3,(H,17,18);/q;;;+3/p-3. The number of rotatable bonds is 39. The van der Waals surface area contributed by atoms with E-state index < -0.39 is 22.8 Å². The minimum atomic E-state index is -3.67. The van der Waals surface area contributed by atoms with E-state index in [1.807, 2.05) is 20.8 Å². The molecule has 0 aromatic heterocycles. The van der Waals surface area contributed by atoms with Crippen molar-refractivity contribution >= 4 is 22.8 Å². The quantitative estimate of drug-likeness (QED) is 0.0433. The number of hydrogen-bond acceptors (Lipinski definition) is 9. The van der Waals surface area contributed by atoms with Crippen molar-refractivity contribution in [1.82, 2.24) is 0 Å². The molecule has 0 aliphatic carbocycles. The smallest absolute Gasteiger partial charge is 0.778 e. The third-order valence-corrected chi connectivity index (χ3v) is 16.4. The second kappa shape index (κ2) is 44.8. The van der Waals surface area contributed by atoms with Gasteiger partial charge in [-0.15, -0.1) is 0 Å². The van der Waals surface area contributed by atoms with Gasteiger partial charge in [-0.3, -0.25) is 0 Å². The van der Waals surface area contributed by atoms with Crippen LogP contribution in [0.5, 0.6) is 0 Å². The summed E-state index contributed by atoms with van der Waals surface area (Å²) in [7, 11) is -11.0. The van der Waals surface area contributed by atoms with E-state index in [1.165, 1.54) is 57.8 Å². The molecule has 13 heteroatoms. The van der Waals surface area contributed by atoms with E-state index in [2.05, 4.69) is 62.3 Å². The van der Waals surface area contributed by atoms with Crippen LogP contribution in [0.15, 0.2) is 0 Å². The fourth-order valence-corrected chi connectivity index (χ4v) is 12.8. The zero-order chi connectivity index (χ0) is 46.3. The minimum Gasteiger partial charge on any atom is -0.778 e. The molecular weight excluding hydrogens is 872 g/mol. The van der Waals surface area contributed by atoms with E-state index in [1.54, 1.807) is 0 Å². The van der Waals surface area contributed by atoms with Crippen LogP contribution in [0, 0.1) is 17.8 Å². The zero-order valence-electron chi connectivity index (χ0n) is 42.0. The Morgan fingerprint density at radius 2 is 0.557 bits per heavy atom. The second-order valence-corrected chi connectivity index (χ2v) is 23.3. The Balaban J connectivity index is -0.000000396. The van der Waals surface area contributed by atoms with E-state index in [0.717, 1.165) is 116 Å². The van der Waals surface area contributed by atoms with E-state index in [9.17, 15) is 28.4 Å². The predicted octanol–water partition coefficient (Wildman–Crippen LogP) is 15.4. The molecule has 0 amide bonds. The normalized spacial score (nSPS) is 17.4. The van der Waals surface area contributed by atoms with Gasteiger partial charge in [-0.2, -0.15) is 0 Å². The molecule has 0 N–H and O–H groups in total. The summed E-state index contributed by atoms with van der Waals surface area (Å²) >= 11 is 0. The second-order valence-electron chi connectivity index (χ2n) is 17.9. The van der Waals surface area contributed by atoms with Gasteiger partial charge in [-0.1, -0.05) is 197 Å². The average Bonchev–Trinajstić information content (AvgIpc) is 3.18. The van der Waals surface area contributed by atoms with Crippen molar-refractivity contribution < 1.29 is 58.7 Å². The van der Waals surface area contributed by atoms with Crippen LogP contribution < -0.4 is 14.7 Å². The van der Waals surface area contributed by atoms with Gasteiger partial charge in [0.05, 0.1) is 18.3 Å². The molecule has 0 aliphatic rings. The molecule has 9 nitrogen and oxygen atoms in total. The SMILES string of the molecule is CCCCCCC(C)OP(=O)([O-])CC(CC)CCCC.CCCCCCC(C)OP(=O)([O-])CC(CC)CCCC.CCCCCCC(C)OP(=O)([O-])CC(CC)CCCC.[Co+3]. The van der Waals surface area contributed by atoms with Crippen LogP contribution in [0.1, 0.15) is 256 Å². The minimum absolute atomic E-state index is 0. The first-order chi connectivity index (χ1) is 28.3. The van der Waals surface area contributed by atoms with Crippen LogP contribution in [0.25, 0.3) is 0 Å². The Hall–Kier alpha value is 0.956. The van der Waals surface area contributed by atoms with E-state index in [-0.39, 0.29) is 71.3 Å². The van der Waals surface area contributed by atoms with Crippen molar-refractivity contribution in [2.75, 3.05) is 18.5 Å². The fraction of sp³-hybridized carbons (Fsp3) is 1.00. The molecule has 0 aliphatic heterocycles. The first-order valence-corrected chi connectivity index (χ1v) is 30.5. The maximum Gasteiger partial charge on any atom is 3.00 e. The Bertz CT molecular complexity index is 941. The monoisotopic (exact) mass is 975 g/mol. The Morgan fingerprint density at radius 3 is 0.738 bits per heavy atom. The van der Waals surface area contributed by atoms with Gasteiger partial charge in [0, 0.05) is 18.5 Å². The third-order valence-electron chi connectivity index (χ3n) is 11.5. The van der Waals surface area contributed by atoms with Crippen molar-refractivity contribution in [3.63, 3.8) is 0 Å². The van der Waals surface area contributed by atoms with Gasteiger partial charge < -0.3 is 41.9 Å². The molecule has 9 unspecified atom stereocenters. The molecule has 0 aromatic rings. The van der Waals surface area contributed by atoms with Crippen molar-refractivity contribution in [2.45, 2.75) is 275 Å². The average molecular weight is 975 g/mol. The summed E-state index contributed by atoms with van der Waals surface area (Å²) in [4.78, 5) is 36.2. The first-order valence-electron chi connectivity index (χ1n) is 25.3. The summed E-state index contributed by atoms with van der Waals surface area (Å²) in [6.45, 7) is 24.8. The third kappa shape index (κ3) is 47.3. The van der Waals surface area contributed by atoms with Gasteiger partial charge in [0.2, 0.25) is 0 Å². The Kier molecular flexibility index (Phi) is 50.3. The molecule has 0 radical (unpaired) electrons. The van der Waals surface area contributed by atoms with Crippen molar-refractivity contribution in [1.29, 1.82) is 0 Å². The summed E-state index contributed by atoms with van der Waals surface area (Å²) in [5, 5.41) is 0. The van der Waals surface area contributed by atoms with Gasteiger partial charge in [0.25, 0.3) is 0 Å². The van der Waals surface area contributed by atoms with Crippen molar-refractivity contribution in [2.24, 2.45) is 17.8 Å². The maximum atomic E-state index is 12.1. The van der Waals surface area contributed by atoms with E-state index in [0.29, 0.717) is 0 Å². The van der Waals surface area contributed by atoms with Crippen LogP contribution in [-0.4, -0.2) is 36.8 Å².